The van der Waals surface area contributed by atoms with Crippen molar-refractivity contribution in [3.05, 3.63) is 53.7 Å². The monoisotopic (exact) mass is 343 g/mol. The standard InChI is InChI=1S/C18H22FN5O/c1-12-9-13(19)3-4-15(12)16-10-14(5-8-24(16)18(20)25)23(2)17-11-21-6-7-22-17/h3-4,6-7,9,11,14,16H,5,8,10H2,1-2H3,(H2,20,25). The number of piperidine rings is 1. The van der Waals surface area contributed by atoms with E-state index in [1.165, 1.54) is 12.1 Å². The van der Waals surface area contributed by atoms with Crippen LogP contribution >= 0.6 is 0 Å². The van der Waals surface area contributed by atoms with Crippen LogP contribution in [0.4, 0.5) is 15.0 Å². The van der Waals surface area contributed by atoms with Crippen LogP contribution in [-0.4, -0.2) is 40.5 Å². The van der Waals surface area contributed by atoms with Crippen LogP contribution in [0.2, 0.25) is 0 Å². The molecule has 1 aromatic carbocycles. The second kappa shape index (κ2) is 7.04. The molecule has 3 rings (SSSR count). The molecule has 2 unspecified atom stereocenters. The van der Waals surface area contributed by atoms with Gasteiger partial charge in [0.25, 0.3) is 0 Å². The van der Waals surface area contributed by atoms with Crippen LogP contribution in [-0.2, 0) is 0 Å². The van der Waals surface area contributed by atoms with Crippen LogP contribution in [0.1, 0.15) is 30.0 Å². The Bertz CT molecular complexity index is 754. The van der Waals surface area contributed by atoms with Gasteiger partial charge in [-0.25, -0.2) is 14.2 Å². The number of anilines is 1. The second-order valence-electron chi connectivity index (χ2n) is 6.40. The van der Waals surface area contributed by atoms with Crippen molar-refractivity contribution >= 4 is 11.8 Å². The van der Waals surface area contributed by atoms with E-state index < -0.39 is 6.03 Å². The third kappa shape index (κ3) is 3.55. The maximum absolute atomic E-state index is 13.5. The number of likely N-dealkylation sites (tertiary alicyclic amines) is 1. The predicted octanol–water partition coefficient (Wildman–Crippen LogP) is 2.64. The van der Waals surface area contributed by atoms with Crippen LogP contribution < -0.4 is 10.6 Å². The molecular weight excluding hydrogens is 321 g/mol. The lowest BCUT2D eigenvalue weighted by Crippen LogP contribution is -2.49. The number of halogens is 1. The largest absolute Gasteiger partial charge is 0.355 e. The van der Waals surface area contributed by atoms with E-state index in [0.717, 1.165) is 23.4 Å². The Morgan fingerprint density at radius 1 is 1.40 bits per heavy atom. The van der Waals surface area contributed by atoms with Crippen LogP contribution in [0.3, 0.4) is 0 Å². The first-order valence-electron chi connectivity index (χ1n) is 8.28. The van der Waals surface area contributed by atoms with Gasteiger partial charge in [-0.3, -0.25) is 4.98 Å². The number of nitrogens with zero attached hydrogens (tertiary/aromatic N) is 4. The average molecular weight is 343 g/mol. The molecule has 1 aliphatic rings. The van der Waals surface area contributed by atoms with Crippen LogP contribution in [0.15, 0.2) is 36.8 Å². The summed E-state index contributed by atoms with van der Waals surface area (Å²) in [5.74, 6) is 0.505. The van der Waals surface area contributed by atoms with Crippen molar-refractivity contribution in [3.63, 3.8) is 0 Å². The lowest BCUT2D eigenvalue weighted by Gasteiger charge is -2.42. The van der Waals surface area contributed by atoms with Crippen molar-refractivity contribution in [3.8, 4) is 0 Å². The molecule has 0 bridgehead atoms. The van der Waals surface area contributed by atoms with Gasteiger partial charge in [0, 0.05) is 32.0 Å². The summed E-state index contributed by atoms with van der Waals surface area (Å²) < 4.78 is 13.5. The molecule has 2 aromatic rings. The SMILES string of the molecule is Cc1cc(F)ccc1C1CC(N(C)c2cnccn2)CCN1C(N)=O. The Kier molecular flexibility index (Phi) is 4.83. The van der Waals surface area contributed by atoms with Gasteiger partial charge in [-0.15, -0.1) is 0 Å². The molecule has 1 aliphatic heterocycles. The molecule has 0 radical (unpaired) electrons. The summed E-state index contributed by atoms with van der Waals surface area (Å²) in [4.78, 5) is 24.1. The Labute approximate surface area is 146 Å². The minimum Gasteiger partial charge on any atom is -0.355 e. The molecule has 2 N–H and O–H groups in total. The summed E-state index contributed by atoms with van der Waals surface area (Å²) in [6.45, 7) is 2.40. The van der Waals surface area contributed by atoms with E-state index in [4.69, 9.17) is 5.73 Å². The normalized spacial score (nSPS) is 20.4. The molecule has 2 atom stereocenters. The molecule has 0 saturated carbocycles. The number of urea groups is 1. The zero-order chi connectivity index (χ0) is 18.0. The first kappa shape index (κ1) is 17.1. The van der Waals surface area contributed by atoms with E-state index in [1.54, 1.807) is 29.6 Å². The number of carbonyl (C=O) groups is 1. The zero-order valence-corrected chi connectivity index (χ0v) is 14.4. The number of hydrogen-bond donors (Lipinski definition) is 1. The number of benzene rings is 1. The van der Waals surface area contributed by atoms with E-state index in [1.807, 2.05) is 14.0 Å². The third-order valence-electron chi connectivity index (χ3n) is 4.91. The number of aryl methyl sites for hydroxylation is 1. The lowest BCUT2D eigenvalue weighted by molar-refractivity contribution is 0.150. The number of primary amides is 1. The average Bonchev–Trinajstić information content (AvgIpc) is 2.61. The van der Waals surface area contributed by atoms with Gasteiger partial charge in [0.15, 0.2) is 0 Å². The van der Waals surface area contributed by atoms with Crippen molar-refractivity contribution in [1.29, 1.82) is 0 Å². The highest BCUT2D eigenvalue weighted by molar-refractivity contribution is 5.73. The van der Waals surface area contributed by atoms with Gasteiger partial charge >= 0.3 is 6.03 Å². The predicted molar refractivity (Wildman–Crippen MR) is 93.6 cm³/mol. The van der Waals surface area contributed by atoms with Gasteiger partial charge in [0.2, 0.25) is 0 Å². The van der Waals surface area contributed by atoms with E-state index in [2.05, 4.69) is 14.9 Å². The molecule has 2 heterocycles. The molecule has 0 aliphatic carbocycles. The summed E-state index contributed by atoms with van der Waals surface area (Å²) in [6, 6.07) is 4.21. The fourth-order valence-corrected chi connectivity index (χ4v) is 3.53. The fourth-order valence-electron chi connectivity index (χ4n) is 3.53. The molecule has 25 heavy (non-hydrogen) atoms. The minimum atomic E-state index is -0.450. The Hall–Kier alpha value is -2.70. The topological polar surface area (TPSA) is 75.3 Å². The van der Waals surface area contributed by atoms with Gasteiger partial charge < -0.3 is 15.5 Å². The summed E-state index contributed by atoms with van der Waals surface area (Å²) in [5, 5.41) is 0. The maximum Gasteiger partial charge on any atom is 0.315 e. The number of rotatable bonds is 3. The van der Waals surface area contributed by atoms with Gasteiger partial charge in [0.1, 0.15) is 11.6 Å². The Morgan fingerprint density at radius 3 is 2.84 bits per heavy atom. The first-order chi connectivity index (χ1) is 12.0. The number of carbonyl (C=O) groups excluding carboxylic acids is 1. The van der Waals surface area contributed by atoms with Gasteiger partial charge in [-0.05, 0) is 43.0 Å². The first-order valence-corrected chi connectivity index (χ1v) is 8.28. The Balaban J connectivity index is 1.88. The highest BCUT2D eigenvalue weighted by Gasteiger charge is 2.34. The Morgan fingerprint density at radius 2 is 2.20 bits per heavy atom. The molecule has 6 nitrogen and oxygen atoms in total. The number of amides is 2. The van der Waals surface area contributed by atoms with Crippen LogP contribution in [0.5, 0.6) is 0 Å². The molecule has 1 aromatic heterocycles. The van der Waals surface area contributed by atoms with Crippen molar-refractivity contribution < 1.29 is 9.18 Å². The quantitative estimate of drug-likeness (QED) is 0.930. The highest BCUT2D eigenvalue weighted by atomic mass is 19.1. The van der Waals surface area contributed by atoms with Crippen molar-refractivity contribution in [1.82, 2.24) is 14.9 Å². The van der Waals surface area contributed by atoms with Crippen molar-refractivity contribution in [2.75, 3.05) is 18.5 Å². The maximum atomic E-state index is 13.5. The van der Waals surface area contributed by atoms with Crippen molar-refractivity contribution in [2.45, 2.75) is 31.8 Å². The summed E-state index contributed by atoms with van der Waals surface area (Å²) in [5.41, 5.74) is 7.33. The van der Waals surface area contributed by atoms with Crippen LogP contribution in [0.25, 0.3) is 0 Å². The molecule has 1 fully saturated rings. The molecule has 0 spiro atoms. The molecular formula is C18H22FN5O. The molecule has 7 heteroatoms. The van der Waals surface area contributed by atoms with Crippen LogP contribution in [0, 0.1) is 12.7 Å². The van der Waals surface area contributed by atoms with Gasteiger partial charge in [-0.2, -0.15) is 0 Å². The van der Waals surface area contributed by atoms with E-state index in [-0.39, 0.29) is 17.9 Å². The summed E-state index contributed by atoms with van der Waals surface area (Å²) in [7, 11) is 1.98. The van der Waals surface area contributed by atoms with E-state index in [0.29, 0.717) is 13.0 Å². The summed E-state index contributed by atoms with van der Waals surface area (Å²) in [6.07, 6.45) is 6.50. The smallest absolute Gasteiger partial charge is 0.315 e. The second-order valence-corrected chi connectivity index (χ2v) is 6.40. The minimum absolute atomic E-state index is 0.182. The van der Waals surface area contributed by atoms with E-state index in [9.17, 15) is 9.18 Å². The number of hydrogen-bond acceptors (Lipinski definition) is 4. The van der Waals surface area contributed by atoms with Crippen molar-refractivity contribution in [2.24, 2.45) is 5.73 Å². The summed E-state index contributed by atoms with van der Waals surface area (Å²) >= 11 is 0. The third-order valence-corrected chi connectivity index (χ3v) is 4.91. The lowest BCUT2D eigenvalue weighted by atomic mass is 9.89. The zero-order valence-electron chi connectivity index (χ0n) is 14.4. The van der Waals surface area contributed by atoms with E-state index >= 15 is 0 Å². The number of nitrogens with two attached hydrogens (primary N) is 1. The molecule has 132 valence electrons. The number of aromatic nitrogens is 2. The molecule has 2 amide bonds. The fraction of sp³-hybridized carbons (Fsp3) is 0.389. The van der Waals surface area contributed by atoms with Gasteiger partial charge in [0.05, 0.1) is 12.2 Å². The van der Waals surface area contributed by atoms with Gasteiger partial charge in [-0.1, -0.05) is 6.07 Å². The molecule has 1 saturated heterocycles. The highest BCUT2D eigenvalue weighted by Crippen LogP contribution is 2.35.